The molecule has 78 valence electrons. The molecule has 0 unspecified atom stereocenters. The van der Waals surface area contributed by atoms with Crippen LogP contribution in [-0.4, -0.2) is 20.0 Å². The van der Waals surface area contributed by atoms with Crippen molar-refractivity contribution in [1.82, 2.24) is 20.0 Å². The fraction of sp³-hybridized carbons (Fsp3) is 0.444. The third kappa shape index (κ3) is 1.50. The highest BCUT2D eigenvalue weighted by Crippen LogP contribution is 2.43. The maximum Gasteiger partial charge on any atom is 0.203 e. The lowest BCUT2D eigenvalue weighted by Gasteiger charge is -1.93. The summed E-state index contributed by atoms with van der Waals surface area (Å²) in [6.45, 7) is 0. The molecule has 6 heteroatoms. The van der Waals surface area contributed by atoms with Crippen molar-refractivity contribution >= 4 is 16.5 Å². The Hall–Kier alpha value is -1.43. The fourth-order valence-electron chi connectivity index (χ4n) is 1.67. The van der Waals surface area contributed by atoms with Crippen molar-refractivity contribution in [2.75, 3.05) is 5.73 Å². The minimum Gasteiger partial charge on any atom is -0.374 e. The van der Waals surface area contributed by atoms with Crippen molar-refractivity contribution in [3.63, 3.8) is 0 Å². The quantitative estimate of drug-likeness (QED) is 0.832. The lowest BCUT2D eigenvalue weighted by atomic mass is 10.2. The number of aromatic nitrogens is 4. The Balaban J connectivity index is 2.09. The van der Waals surface area contributed by atoms with Crippen LogP contribution in [-0.2, 0) is 7.05 Å². The van der Waals surface area contributed by atoms with E-state index in [0.717, 1.165) is 16.3 Å². The topological polar surface area (TPSA) is 69.6 Å². The molecule has 0 amide bonds. The molecule has 0 saturated heterocycles. The van der Waals surface area contributed by atoms with Crippen molar-refractivity contribution in [3.05, 3.63) is 11.9 Å². The molecule has 0 spiro atoms. The van der Waals surface area contributed by atoms with E-state index in [9.17, 15) is 0 Å². The Morgan fingerprint density at radius 1 is 1.47 bits per heavy atom. The van der Waals surface area contributed by atoms with Gasteiger partial charge in [-0.1, -0.05) is 11.3 Å². The van der Waals surface area contributed by atoms with Gasteiger partial charge in [-0.2, -0.15) is 5.10 Å². The van der Waals surface area contributed by atoms with Gasteiger partial charge in [-0.15, -0.1) is 10.2 Å². The molecule has 1 saturated carbocycles. The van der Waals surface area contributed by atoms with E-state index < -0.39 is 0 Å². The van der Waals surface area contributed by atoms with E-state index in [2.05, 4.69) is 15.3 Å². The molecule has 5 nitrogen and oxygen atoms in total. The summed E-state index contributed by atoms with van der Waals surface area (Å²) in [7, 11) is 1.93. The fourth-order valence-corrected chi connectivity index (χ4v) is 2.30. The summed E-state index contributed by atoms with van der Waals surface area (Å²) in [6, 6.07) is 0. The van der Waals surface area contributed by atoms with Crippen LogP contribution < -0.4 is 5.73 Å². The molecular formula is C9H11N5S. The molecule has 2 aromatic heterocycles. The summed E-state index contributed by atoms with van der Waals surface area (Å²) < 4.78 is 1.83. The average molecular weight is 221 g/mol. The lowest BCUT2D eigenvalue weighted by molar-refractivity contribution is 0.744. The van der Waals surface area contributed by atoms with Gasteiger partial charge in [-0.3, -0.25) is 4.68 Å². The second kappa shape index (κ2) is 3.03. The Morgan fingerprint density at radius 3 is 2.87 bits per heavy atom. The first-order chi connectivity index (χ1) is 7.24. The van der Waals surface area contributed by atoms with Crippen molar-refractivity contribution in [1.29, 1.82) is 0 Å². The van der Waals surface area contributed by atoms with E-state index in [-0.39, 0.29) is 0 Å². The predicted octanol–water partition coefficient (Wildman–Crippen LogP) is 1.40. The van der Waals surface area contributed by atoms with Crippen LogP contribution in [0.5, 0.6) is 0 Å². The standard InChI is InChI=1S/C9H11N5S/c1-14-4-6(7(13-14)5-2-3-5)8-11-12-9(10)15-8/h4-5H,2-3H2,1H3,(H2,10,12). The first kappa shape index (κ1) is 8.84. The van der Waals surface area contributed by atoms with Crippen molar-refractivity contribution in [2.45, 2.75) is 18.8 Å². The second-order valence-corrected chi connectivity index (χ2v) is 4.83. The Labute approximate surface area is 90.9 Å². The Bertz CT molecular complexity index is 496. The lowest BCUT2D eigenvalue weighted by Crippen LogP contribution is -1.89. The van der Waals surface area contributed by atoms with Gasteiger partial charge in [0.15, 0.2) is 5.01 Å². The van der Waals surface area contributed by atoms with Gasteiger partial charge < -0.3 is 5.73 Å². The molecule has 1 fully saturated rings. The zero-order valence-corrected chi connectivity index (χ0v) is 9.16. The molecule has 1 aliphatic rings. The highest BCUT2D eigenvalue weighted by molar-refractivity contribution is 7.18. The SMILES string of the molecule is Cn1cc(-c2nnc(N)s2)c(C2CC2)n1. The molecule has 15 heavy (non-hydrogen) atoms. The summed E-state index contributed by atoms with van der Waals surface area (Å²) in [5, 5.41) is 13.8. The normalized spacial score (nSPS) is 15.8. The number of rotatable bonds is 2. The van der Waals surface area contributed by atoms with Crippen LogP contribution in [0, 0.1) is 0 Å². The third-order valence-electron chi connectivity index (χ3n) is 2.49. The number of anilines is 1. The molecule has 0 bridgehead atoms. The molecule has 1 aliphatic carbocycles. The van der Waals surface area contributed by atoms with Gasteiger partial charge in [0.2, 0.25) is 5.13 Å². The molecular weight excluding hydrogens is 210 g/mol. The van der Waals surface area contributed by atoms with Crippen LogP contribution in [0.4, 0.5) is 5.13 Å². The predicted molar refractivity (Wildman–Crippen MR) is 58.5 cm³/mol. The summed E-state index contributed by atoms with van der Waals surface area (Å²) in [5.41, 5.74) is 7.82. The first-order valence-electron chi connectivity index (χ1n) is 4.87. The number of nitrogens with two attached hydrogens (primary N) is 1. The number of aryl methyl sites for hydroxylation is 1. The molecule has 2 N–H and O–H groups in total. The second-order valence-electron chi connectivity index (χ2n) is 3.82. The zero-order valence-electron chi connectivity index (χ0n) is 8.34. The average Bonchev–Trinajstić information content (AvgIpc) is 2.85. The van der Waals surface area contributed by atoms with Gasteiger partial charge in [-0.25, -0.2) is 0 Å². The highest BCUT2D eigenvalue weighted by atomic mass is 32.1. The maximum atomic E-state index is 5.58. The third-order valence-corrected chi connectivity index (χ3v) is 3.28. The largest absolute Gasteiger partial charge is 0.374 e. The smallest absolute Gasteiger partial charge is 0.203 e. The summed E-state index contributed by atoms with van der Waals surface area (Å²) in [4.78, 5) is 0. The minimum atomic E-state index is 0.510. The van der Waals surface area contributed by atoms with E-state index in [4.69, 9.17) is 5.73 Å². The highest BCUT2D eigenvalue weighted by Gasteiger charge is 2.30. The van der Waals surface area contributed by atoms with Crippen LogP contribution in [0.3, 0.4) is 0 Å². The molecule has 0 aromatic carbocycles. The van der Waals surface area contributed by atoms with Crippen LogP contribution >= 0.6 is 11.3 Å². The number of nitrogens with zero attached hydrogens (tertiary/aromatic N) is 4. The molecule has 2 aromatic rings. The first-order valence-corrected chi connectivity index (χ1v) is 5.68. The van der Waals surface area contributed by atoms with Crippen molar-refractivity contribution in [2.24, 2.45) is 7.05 Å². The van der Waals surface area contributed by atoms with Gasteiger partial charge >= 0.3 is 0 Å². The zero-order chi connectivity index (χ0) is 10.4. The summed E-state index contributed by atoms with van der Waals surface area (Å²) in [6.07, 6.45) is 4.46. The molecule has 2 heterocycles. The van der Waals surface area contributed by atoms with E-state index in [1.807, 2.05) is 17.9 Å². The number of hydrogen-bond donors (Lipinski definition) is 1. The van der Waals surface area contributed by atoms with E-state index in [1.165, 1.54) is 24.2 Å². The van der Waals surface area contributed by atoms with Gasteiger partial charge in [0.25, 0.3) is 0 Å². The summed E-state index contributed by atoms with van der Waals surface area (Å²) in [5.74, 6) is 0.617. The number of nitrogen functional groups attached to an aromatic ring is 1. The Kier molecular flexibility index (Phi) is 1.79. The molecule has 3 rings (SSSR count). The van der Waals surface area contributed by atoms with Crippen LogP contribution in [0.15, 0.2) is 6.20 Å². The van der Waals surface area contributed by atoms with Crippen LogP contribution in [0.25, 0.3) is 10.6 Å². The van der Waals surface area contributed by atoms with Crippen molar-refractivity contribution < 1.29 is 0 Å². The van der Waals surface area contributed by atoms with Crippen LogP contribution in [0.2, 0.25) is 0 Å². The maximum absolute atomic E-state index is 5.58. The van der Waals surface area contributed by atoms with E-state index >= 15 is 0 Å². The van der Waals surface area contributed by atoms with E-state index in [1.54, 1.807) is 0 Å². The van der Waals surface area contributed by atoms with Gasteiger partial charge in [0.05, 0.1) is 11.3 Å². The minimum absolute atomic E-state index is 0.510. The Morgan fingerprint density at radius 2 is 2.27 bits per heavy atom. The van der Waals surface area contributed by atoms with Gasteiger partial charge in [0, 0.05) is 19.2 Å². The van der Waals surface area contributed by atoms with Crippen molar-refractivity contribution in [3.8, 4) is 10.6 Å². The summed E-state index contributed by atoms with van der Waals surface area (Å²) >= 11 is 1.42. The van der Waals surface area contributed by atoms with Crippen LogP contribution in [0.1, 0.15) is 24.5 Å². The van der Waals surface area contributed by atoms with Gasteiger partial charge in [0.1, 0.15) is 0 Å². The number of hydrogen-bond acceptors (Lipinski definition) is 5. The van der Waals surface area contributed by atoms with E-state index in [0.29, 0.717) is 11.0 Å². The molecule has 0 radical (unpaired) electrons. The molecule has 0 atom stereocenters. The van der Waals surface area contributed by atoms with Gasteiger partial charge in [-0.05, 0) is 12.8 Å². The monoisotopic (exact) mass is 221 g/mol. The molecule has 0 aliphatic heterocycles.